The monoisotopic (exact) mass is 376 g/mol. The predicted molar refractivity (Wildman–Crippen MR) is 99.5 cm³/mol. The molecule has 0 unspecified atom stereocenters. The lowest BCUT2D eigenvalue weighted by atomic mass is 10.1. The summed E-state index contributed by atoms with van der Waals surface area (Å²) in [6, 6.07) is 16.4. The summed E-state index contributed by atoms with van der Waals surface area (Å²) in [4.78, 5) is 37.9. The van der Waals surface area contributed by atoms with Crippen LogP contribution in [0.4, 0.5) is 14.9 Å². The van der Waals surface area contributed by atoms with Gasteiger partial charge in [-0.1, -0.05) is 18.2 Å². The van der Waals surface area contributed by atoms with Gasteiger partial charge in [0.2, 0.25) is 0 Å². The first-order chi connectivity index (χ1) is 13.5. The van der Waals surface area contributed by atoms with Gasteiger partial charge in [0.05, 0.1) is 5.69 Å². The van der Waals surface area contributed by atoms with Crippen LogP contribution < -0.4 is 10.2 Å². The minimum absolute atomic E-state index is 0.233. The molecular formula is C21H13FN2O4. The van der Waals surface area contributed by atoms with Crippen molar-refractivity contribution in [2.45, 2.75) is 0 Å². The maximum Gasteiger partial charge on any atom is 0.335 e. The molecular weight excluding hydrogens is 363 g/mol. The van der Waals surface area contributed by atoms with Crippen LogP contribution in [0.1, 0.15) is 5.76 Å². The van der Waals surface area contributed by atoms with E-state index in [-0.39, 0.29) is 17.2 Å². The molecule has 2 aromatic carbocycles. The Morgan fingerprint density at radius 2 is 1.61 bits per heavy atom. The molecule has 1 aliphatic heterocycles. The number of rotatable bonds is 3. The van der Waals surface area contributed by atoms with Crippen molar-refractivity contribution < 1.29 is 23.2 Å². The molecule has 0 radical (unpaired) electrons. The van der Waals surface area contributed by atoms with Crippen LogP contribution >= 0.6 is 0 Å². The van der Waals surface area contributed by atoms with Gasteiger partial charge < -0.3 is 4.42 Å². The fourth-order valence-corrected chi connectivity index (χ4v) is 2.81. The van der Waals surface area contributed by atoms with Crippen LogP contribution in [0.2, 0.25) is 0 Å². The van der Waals surface area contributed by atoms with Crippen LogP contribution in [0, 0.1) is 5.82 Å². The van der Waals surface area contributed by atoms with E-state index in [4.69, 9.17) is 4.42 Å². The standard InChI is InChI=1S/C21H13FN2O4/c22-14-8-6-13(7-9-14)18-11-10-16(28-18)12-17-19(25)23-21(27)24(20(17)26)15-4-2-1-3-5-15/h1-12H,(H,23,25,27)/b17-12-. The van der Waals surface area contributed by atoms with Gasteiger partial charge >= 0.3 is 6.03 Å². The average molecular weight is 376 g/mol. The summed E-state index contributed by atoms with van der Waals surface area (Å²) in [6.45, 7) is 0. The van der Waals surface area contributed by atoms with Crippen molar-refractivity contribution in [3.05, 3.63) is 83.9 Å². The number of nitrogens with one attached hydrogen (secondary N) is 1. The topological polar surface area (TPSA) is 79.6 Å². The molecule has 1 saturated heterocycles. The van der Waals surface area contributed by atoms with E-state index < -0.39 is 17.8 Å². The number of halogens is 1. The highest BCUT2D eigenvalue weighted by Crippen LogP contribution is 2.25. The molecule has 0 saturated carbocycles. The second-order valence-electron chi connectivity index (χ2n) is 6.00. The van der Waals surface area contributed by atoms with Gasteiger partial charge in [0.25, 0.3) is 11.8 Å². The molecule has 138 valence electrons. The highest BCUT2D eigenvalue weighted by atomic mass is 19.1. The number of benzene rings is 2. The van der Waals surface area contributed by atoms with Crippen molar-refractivity contribution in [2.75, 3.05) is 4.90 Å². The SMILES string of the molecule is O=C1NC(=O)N(c2ccccc2)C(=O)/C1=C\c1ccc(-c2ccc(F)cc2)o1. The fourth-order valence-electron chi connectivity index (χ4n) is 2.81. The van der Waals surface area contributed by atoms with Gasteiger partial charge in [-0.2, -0.15) is 0 Å². The molecule has 4 rings (SSSR count). The first-order valence-corrected chi connectivity index (χ1v) is 8.35. The smallest absolute Gasteiger partial charge is 0.335 e. The summed E-state index contributed by atoms with van der Waals surface area (Å²) in [5.41, 5.74) is 0.755. The zero-order valence-electron chi connectivity index (χ0n) is 14.4. The minimum Gasteiger partial charge on any atom is -0.457 e. The molecule has 0 atom stereocenters. The molecule has 2 heterocycles. The molecule has 1 N–H and O–H groups in total. The summed E-state index contributed by atoms with van der Waals surface area (Å²) < 4.78 is 18.7. The van der Waals surface area contributed by atoms with Gasteiger partial charge in [-0.15, -0.1) is 0 Å². The minimum atomic E-state index is -0.815. The van der Waals surface area contributed by atoms with Gasteiger partial charge in [0.1, 0.15) is 22.9 Å². The highest BCUT2D eigenvalue weighted by molar-refractivity contribution is 6.39. The van der Waals surface area contributed by atoms with Crippen LogP contribution in [0.5, 0.6) is 0 Å². The molecule has 1 aromatic heterocycles. The number of barbiturate groups is 1. The van der Waals surface area contributed by atoms with Gasteiger partial charge in [-0.3, -0.25) is 14.9 Å². The van der Waals surface area contributed by atoms with Crippen molar-refractivity contribution in [3.8, 4) is 11.3 Å². The molecule has 0 spiro atoms. The zero-order chi connectivity index (χ0) is 19.7. The second kappa shape index (κ2) is 6.96. The Kier molecular flexibility index (Phi) is 4.33. The Hall–Kier alpha value is -4.00. The summed E-state index contributed by atoms with van der Waals surface area (Å²) in [5.74, 6) is -1.22. The number of amides is 4. The number of carbonyl (C=O) groups is 3. The number of carbonyl (C=O) groups excluding carboxylic acids is 3. The van der Waals surface area contributed by atoms with Crippen molar-refractivity contribution in [3.63, 3.8) is 0 Å². The Morgan fingerprint density at radius 1 is 0.893 bits per heavy atom. The number of nitrogens with zero attached hydrogens (tertiary/aromatic N) is 1. The van der Waals surface area contributed by atoms with E-state index in [0.29, 0.717) is 17.0 Å². The van der Waals surface area contributed by atoms with Gasteiger partial charge in [0.15, 0.2) is 0 Å². The Bertz CT molecular complexity index is 1100. The lowest BCUT2D eigenvalue weighted by molar-refractivity contribution is -0.122. The molecule has 0 aliphatic carbocycles. The number of furan rings is 1. The van der Waals surface area contributed by atoms with E-state index in [1.807, 2.05) is 0 Å². The molecule has 28 heavy (non-hydrogen) atoms. The van der Waals surface area contributed by atoms with E-state index in [2.05, 4.69) is 5.32 Å². The number of imide groups is 2. The van der Waals surface area contributed by atoms with Gasteiger partial charge in [-0.25, -0.2) is 14.1 Å². The number of urea groups is 1. The summed E-state index contributed by atoms with van der Waals surface area (Å²) in [7, 11) is 0. The maximum atomic E-state index is 13.1. The van der Waals surface area contributed by atoms with E-state index in [0.717, 1.165) is 4.90 Å². The van der Waals surface area contributed by atoms with Crippen LogP contribution in [0.25, 0.3) is 17.4 Å². The van der Waals surface area contributed by atoms with Crippen LogP contribution in [-0.4, -0.2) is 17.8 Å². The molecule has 3 aromatic rings. The zero-order valence-corrected chi connectivity index (χ0v) is 14.4. The summed E-state index contributed by atoms with van der Waals surface area (Å²) >= 11 is 0. The molecule has 7 heteroatoms. The maximum absolute atomic E-state index is 13.1. The summed E-state index contributed by atoms with van der Waals surface area (Å²) in [6.07, 6.45) is 1.27. The average Bonchev–Trinajstić information content (AvgIpc) is 3.15. The third-order valence-corrected chi connectivity index (χ3v) is 4.16. The van der Waals surface area contributed by atoms with E-state index >= 15 is 0 Å². The Morgan fingerprint density at radius 3 is 2.32 bits per heavy atom. The van der Waals surface area contributed by atoms with Crippen molar-refractivity contribution in [1.29, 1.82) is 0 Å². The molecule has 1 aliphatic rings. The van der Waals surface area contributed by atoms with Crippen molar-refractivity contribution >= 4 is 29.6 Å². The lowest BCUT2D eigenvalue weighted by Gasteiger charge is -2.26. The van der Waals surface area contributed by atoms with Crippen LogP contribution in [0.3, 0.4) is 0 Å². The lowest BCUT2D eigenvalue weighted by Crippen LogP contribution is -2.54. The largest absolute Gasteiger partial charge is 0.457 e. The highest BCUT2D eigenvalue weighted by Gasteiger charge is 2.36. The Labute approximate surface area is 158 Å². The van der Waals surface area contributed by atoms with Crippen LogP contribution in [0.15, 0.2) is 76.7 Å². The molecule has 0 bridgehead atoms. The number of anilines is 1. The quantitative estimate of drug-likeness (QED) is 0.558. The third kappa shape index (κ3) is 3.21. The van der Waals surface area contributed by atoms with Crippen LogP contribution in [-0.2, 0) is 9.59 Å². The van der Waals surface area contributed by atoms with E-state index in [1.165, 1.54) is 18.2 Å². The van der Waals surface area contributed by atoms with E-state index in [1.54, 1.807) is 54.6 Å². The first kappa shape index (κ1) is 17.4. The molecule has 4 amide bonds. The molecule has 1 fully saturated rings. The second-order valence-corrected chi connectivity index (χ2v) is 6.00. The normalized spacial score (nSPS) is 15.8. The van der Waals surface area contributed by atoms with Crippen molar-refractivity contribution in [2.24, 2.45) is 0 Å². The number of para-hydroxylation sites is 1. The van der Waals surface area contributed by atoms with E-state index in [9.17, 15) is 18.8 Å². The van der Waals surface area contributed by atoms with Gasteiger partial charge in [0, 0.05) is 5.56 Å². The number of hydrogen-bond acceptors (Lipinski definition) is 4. The number of hydrogen-bond donors (Lipinski definition) is 1. The summed E-state index contributed by atoms with van der Waals surface area (Å²) in [5, 5.41) is 2.15. The Balaban J connectivity index is 1.67. The third-order valence-electron chi connectivity index (χ3n) is 4.16. The first-order valence-electron chi connectivity index (χ1n) is 8.35. The predicted octanol–water partition coefficient (Wildman–Crippen LogP) is 3.75. The van der Waals surface area contributed by atoms with Gasteiger partial charge in [-0.05, 0) is 54.6 Å². The fraction of sp³-hybridized carbons (Fsp3) is 0. The molecule has 6 nitrogen and oxygen atoms in total. The van der Waals surface area contributed by atoms with Crippen molar-refractivity contribution in [1.82, 2.24) is 5.32 Å².